The summed E-state index contributed by atoms with van der Waals surface area (Å²) >= 11 is 6.56. The quantitative estimate of drug-likeness (QED) is 0.437. The highest BCUT2D eigenvalue weighted by atomic mass is 32.2. The molecule has 7 nitrogen and oxygen atoms in total. The van der Waals surface area contributed by atoms with Crippen molar-refractivity contribution in [2.75, 3.05) is 38.1 Å². The van der Waals surface area contributed by atoms with E-state index in [4.69, 9.17) is 12.2 Å². The third-order valence-corrected chi connectivity index (χ3v) is 7.96. The Balaban J connectivity index is 1.74. The van der Waals surface area contributed by atoms with E-state index in [1.54, 1.807) is 18.5 Å². The van der Waals surface area contributed by atoms with Gasteiger partial charge in [-0.2, -0.15) is 5.26 Å². The van der Waals surface area contributed by atoms with Gasteiger partial charge in [-0.25, -0.2) is 0 Å². The topological polar surface area (TPSA) is 72.6 Å². The average Bonchev–Trinajstić information content (AvgIpc) is 3.10. The van der Waals surface area contributed by atoms with Crippen LogP contribution in [0.15, 0.2) is 40.0 Å². The summed E-state index contributed by atoms with van der Waals surface area (Å²) in [6, 6.07) is 12.5. The predicted molar refractivity (Wildman–Crippen MR) is 145 cm³/mol. The number of benzene rings is 1. The number of anilines is 1. The van der Waals surface area contributed by atoms with E-state index in [1.807, 2.05) is 19.1 Å². The molecule has 3 heterocycles. The van der Waals surface area contributed by atoms with E-state index in [2.05, 4.69) is 40.1 Å². The summed E-state index contributed by atoms with van der Waals surface area (Å²) in [4.78, 5) is 32.7. The SMILES string of the molecule is CCCn1c(N2CCN(Cc3ccccc3)CC2)c(/C=C2/SC(=S)N(C)C2=O)c(C)c(C#N)c1=O. The molecule has 1 aromatic carbocycles. The Kier molecular flexibility index (Phi) is 7.75. The molecule has 0 radical (unpaired) electrons. The van der Waals surface area contributed by atoms with Gasteiger partial charge < -0.3 is 4.90 Å². The van der Waals surface area contributed by atoms with Crippen LogP contribution in [0.5, 0.6) is 0 Å². The summed E-state index contributed by atoms with van der Waals surface area (Å²) in [5.41, 5.74) is 2.49. The van der Waals surface area contributed by atoms with E-state index >= 15 is 0 Å². The highest BCUT2D eigenvalue weighted by molar-refractivity contribution is 8.26. The summed E-state index contributed by atoms with van der Waals surface area (Å²) in [6.45, 7) is 8.40. The first-order chi connectivity index (χ1) is 16.8. The lowest BCUT2D eigenvalue weighted by Gasteiger charge is -2.38. The van der Waals surface area contributed by atoms with E-state index in [0.29, 0.717) is 21.3 Å². The Labute approximate surface area is 215 Å². The van der Waals surface area contributed by atoms with Crippen LogP contribution in [0.1, 0.15) is 35.6 Å². The Morgan fingerprint density at radius 1 is 1.14 bits per heavy atom. The van der Waals surface area contributed by atoms with E-state index < -0.39 is 0 Å². The zero-order valence-electron chi connectivity index (χ0n) is 20.3. The van der Waals surface area contributed by atoms with E-state index in [1.165, 1.54) is 22.2 Å². The monoisotopic (exact) mass is 507 g/mol. The predicted octanol–water partition coefficient (Wildman–Crippen LogP) is 3.59. The van der Waals surface area contributed by atoms with Crippen molar-refractivity contribution in [3.05, 3.63) is 67.8 Å². The number of thioether (sulfide) groups is 1. The molecule has 0 N–H and O–H groups in total. The van der Waals surface area contributed by atoms with Gasteiger partial charge in [0.2, 0.25) is 0 Å². The minimum absolute atomic E-state index is 0.128. The summed E-state index contributed by atoms with van der Waals surface area (Å²) in [5.74, 6) is 0.624. The molecule has 182 valence electrons. The fourth-order valence-corrected chi connectivity index (χ4v) is 5.71. The molecule has 2 aliphatic rings. The van der Waals surface area contributed by atoms with Crippen molar-refractivity contribution in [1.29, 1.82) is 5.26 Å². The number of pyridine rings is 1. The zero-order valence-corrected chi connectivity index (χ0v) is 21.9. The molecule has 2 aliphatic heterocycles. The van der Waals surface area contributed by atoms with Crippen molar-refractivity contribution in [1.82, 2.24) is 14.4 Å². The molecule has 0 atom stereocenters. The van der Waals surface area contributed by atoms with Crippen LogP contribution >= 0.6 is 24.0 Å². The maximum absolute atomic E-state index is 13.3. The normalized spacial score (nSPS) is 17.9. The second-order valence-corrected chi connectivity index (χ2v) is 10.5. The Bertz CT molecular complexity index is 1270. The van der Waals surface area contributed by atoms with Crippen LogP contribution in [0.2, 0.25) is 0 Å². The molecular formula is C26H29N5O2S2. The fraction of sp³-hybridized carbons (Fsp3) is 0.385. The zero-order chi connectivity index (χ0) is 25.1. The van der Waals surface area contributed by atoms with Gasteiger partial charge in [0.1, 0.15) is 21.8 Å². The van der Waals surface area contributed by atoms with Gasteiger partial charge in [0.25, 0.3) is 11.5 Å². The molecule has 1 aromatic heterocycles. The maximum Gasteiger partial charge on any atom is 0.270 e. The van der Waals surface area contributed by atoms with Gasteiger partial charge in [0, 0.05) is 51.9 Å². The highest BCUT2D eigenvalue weighted by Crippen LogP contribution is 2.35. The van der Waals surface area contributed by atoms with Crippen molar-refractivity contribution in [3.63, 3.8) is 0 Å². The lowest BCUT2D eigenvalue weighted by molar-refractivity contribution is -0.121. The van der Waals surface area contributed by atoms with Crippen LogP contribution in [-0.4, -0.2) is 57.8 Å². The van der Waals surface area contributed by atoms with Crippen LogP contribution in [0.25, 0.3) is 6.08 Å². The first-order valence-electron chi connectivity index (χ1n) is 11.8. The molecule has 2 saturated heterocycles. The largest absolute Gasteiger partial charge is 0.355 e. The average molecular weight is 508 g/mol. The van der Waals surface area contributed by atoms with Crippen molar-refractivity contribution in [2.45, 2.75) is 33.4 Å². The van der Waals surface area contributed by atoms with Gasteiger partial charge >= 0.3 is 0 Å². The molecule has 4 rings (SSSR count). The number of thiocarbonyl (C=S) groups is 1. The number of hydrogen-bond donors (Lipinski definition) is 0. The summed E-state index contributed by atoms with van der Waals surface area (Å²) in [5, 5.41) is 9.78. The molecular weight excluding hydrogens is 478 g/mol. The lowest BCUT2D eigenvalue weighted by Crippen LogP contribution is -2.48. The summed E-state index contributed by atoms with van der Waals surface area (Å²) in [6.07, 6.45) is 2.57. The molecule has 0 unspecified atom stereocenters. The number of amides is 1. The molecule has 0 spiro atoms. The van der Waals surface area contributed by atoms with E-state index in [9.17, 15) is 14.9 Å². The first-order valence-corrected chi connectivity index (χ1v) is 13.0. The number of likely N-dealkylation sites (N-methyl/N-ethyl adjacent to an activating group) is 1. The molecule has 2 fully saturated rings. The molecule has 9 heteroatoms. The Morgan fingerprint density at radius 3 is 2.40 bits per heavy atom. The van der Waals surface area contributed by atoms with Crippen LogP contribution < -0.4 is 10.5 Å². The summed E-state index contributed by atoms with van der Waals surface area (Å²) in [7, 11) is 1.66. The number of hydrogen-bond acceptors (Lipinski definition) is 7. The van der Waals surface area contributed by atoms with Crippen LogP contribution in [0.3, 0.4) is 0 Å². The third-order valence-electron chi connectivity index (χ3n) is 6.48. The smallest absolute Gasteiger partial charge is 0.270 e. The van der Waals surface area contributed by atoms with Gasteiger partial charge in [-0.3, -0.25) is 24.0 Å². The molecule has 1 amide bonds. The standard InChI is InChI=1S/C26H29N5O2S2/c1-4-10-31-23(30-13-11-29(12-14-30)17-19-8-6-5-7-9-19)20(18(2)21(16-27)24(31)32)15-22-25(33)28(3)26(34)35-22/h5-9,15H,4,10-14,17H2,1-3H3/b22-15+. The van der Waals surface area contributed by atoms with E-state index in [-0.39, 0.29) is 17.0 Å². The summed E-state index contributed by atoms with van der Waals surface area (Å²) < 4.78 is 2.22. The number of aromatic nitrogens is 1. The van der Waals surface area contributed by atoms with Gasteiger partial charge in [-0.05, 0) is 30.5 Å². The molecule has 0 aliphatic carbocycles. The molecule has 35 heavy (non-hydrogen) atoms. The second-order valence-electron chi connectivity index (χ2n) is 8.80. The van der Waals surface area contributed by atoms with Gasteiger partial charge in [0.05, 0.1) is 4.91 Å². The van der Waals surface area contributed by atoms with E-state index in [0.717, 1.165) is 50.5 Å². The number of nitrogens with zero attached hydrogens (tertiary/aromatic N) is 5. The van der Waals surface area contributed by atoms with Crippen molar-refractivity contribution in [2.24, 2.45) is 0 Å². The number of rotatable bonds is 6. The van der Waals surface area contributed by atoms with Gasteiger partial charge in [-0.1, -0.05) is 61.2 Å². The minimum atomic E-state index is -0.270. The molecule has 0 bridgehead atoms. The lowest BCUT2D eigenvalue weighted by atomic mass is 10.0. The van der Waals surface area contributed by atoms with Crippen LogP contribution in [0, 0.1) is 18.3 Å². The van der Waals surface area contributed by atoms with Gasteiger partial charge in [-0.15, -0.1) is 0 Å². The van der Waals surface area contributed by atoms with Gasteiger partial charge in [0.15, 0.2) is 0 Å². The minimum Gasteiger partial charge on any atom is -0.355 e. The van der Waals surface area contributed by atoms with Crippen LogP contribution in [-0.2, 0) is 17.9 Å². The number of carbonyl (C=O) groups is 1. The van der Waals surface area contributed by atoms with Crippen LogP contribution in [0.4, 0.5) is 5.82 Å². The number of piperazine rings is 1. The van der Waals surface area contributed by atoms with Crippen molar-refractivity contribution >= 4 is 46.1 Å². The van der Waals surface area contributed by atoms with Crippen molar-refractivity contribution in [3.8, 4) is 6.07 Å². The maximum atomic E-state index is 13.3. The second kappa shape index (κ2) is 10.8. The number of carbonyl (C=O) groups excluding carboxylic acids is 1. The Hall–Kier alpha value is -2.93. The third kappa shape index (κ3) is 5.06. The Morgan fingerprint density at radius 2 is 1.83 bits per heavy atom. The van der Waals surface area contributed by atoms with Crippen molar-refractivity contribution < 1.29 is 4.79 Å². The highest BCUT2D eigenvalue weighted by Gasteiger charge is 2.31. The molecule has 2 aromatic rings. The number of nitriles is 1. The fourth-order valence-electron chi connectivity index (χ4n) is 4.55. The first kappa shape index (κ1) is 25.2. The molecule has 0 saturated carbocycles.